The lowest BCUT2D eigenvalue weighted by Crippen LogP contribution is -2.17. The highest BCUT2D eigenvalue weighted by atomic mass is 79.9. The number of aryl methyl sites for hydroxylation is 1. The van der Waals surface area contributed by atoms with Gasteiger partial charge in [0, 0.05) is 29.3 Å². The summed E-state index contributed by atoms with van der Waals surface area (Å²) in [6.07, 6.45) is 0. The zero-order chi connectivity index (χ0) is 15.7. The summed E-state index contributed by atoms with van der Waals surface area (Å²) < 4.78 is 1.05. The number of halogens is 1. The van der Waals surface area contributed by atoms with Crippen molar-refractivity contribution >= 4 is 32.4 Å². The van der Waals surface area contributed by atoms with E-state index in [1.807, 2.05) is 37.4 Å². The van der Waals surface area contributed by atoms with Crippen molar-refractivity contribution < 1.29 is 5.11 Å². The Balaban J connectivity index is 1.96. The average Bonchev–Trinajstić information content (AvgIpc) is 2.49. The maximum absolute atomic E-state index is 10.3. The smallest absolute Gasteiger partial charge is 0.121 e. The molecule has 112 valence electrons. The van der Waals surface area contributed by atoms with Crippen molar-refractivity contribution in [3.05, 3.63) is 70.2 Å². The molecule has 0 fully saturated rings. The molecule has 3 aromatic rings. The largest absolute Gasteiger partial charge is 0.508 e. The molecule has 3 heteroatoms. The van der Waals surface area contributed by atoms with Crippen LogP contribution in [0.15, 0.2) is 59.1 Å². The predicted octanol–water partition coefficient (Wildman–Crippen LogP) is 5.25. The highest BCUT2D eigenvalue weighted by Crippen LogP contribution is 2.29. The number of benzene rings is 3. The van der Waals surface area contributed by atoms with E-state index in [2.05, 4.69) is 52.0 Å². The van der Waals surface area contributed by atoms with E-state index in [1.54, 1.807) is 0 Å². The van der Waals surface area contributed by atoms with Crippen LogP contribution in [0.3, 0.4) is 0 Å². The average molecular weight is 356 g/mol. The molecular weight excluding hydrogens is 338 g/mol. The molecule has 0 heterocycles. The highest BCUT2D eigenvalue weighted by Gasteiger charge is 2.09. The zero-order valence-corrected chi connectivity index (χ0v) is 14.3. The number of aromatic hydroxyl groups is 1. The maximum Gasteiger partial charge on any atom is 0.121 e. The first kappa shape index (κ1) is 14.9. The van der Waals surface area contributed by atoms with E-state index >= 15 is 0 Å². The van der Waals surface area contributed by atoms with Gasteiger partial charge < -0.3 is 10.0 Å². The van der Waals surface area contributed by atoms with Crippen LogP contribution in [0.5, 0.6) is 5.75 Å². The second-order valence-electron chi connectivity index (χ2n) is 5.61. The van der Waals surface area contributed by atoms with Gasteiger partial charge in [-0.1, -0.05) is 40.2 Å². The van der Waals surface area contributed by atoms with Crippen molar-refractivity contribution in [2.75, 3.05) is 11.9 Å². The van der Waals surface area contributed by atoms with Gasteiger partial charge in [-0.15, -0.1) is 0 Å². The summed E-state index contributed by atoms with van der Waals surface area (Å²) in [4.78, 5) is 2.16. The normalized spacial score (nSPS) is 10.9. The SMILES string of the molecule is Cc1ccccc1N(C)Cc1cc2cc(Br)ccc2cc1O. The molecule has 3 rings (SSSR count). The van der Waals surface area contributed by atoms with E-state index in [1.165, 1.54) is 11.3 Å². The fourth-order valence-corrected chi connectivity index (χ4v) is 3.14. The van der Waals surface area contributed by atoms with Gasteiger partial charge in [0.15, 0.2) is 0 Å². The molecule has 1 N–H and O–H groups in total. The third-order valence-corrected chi connectivity index (χ3v) is 4.43. The van der Waals surface area contributed by atoms with Crippen LogP contribution in [-0.2, 0) is 6.54 Å². The van der Waals surface area contributed by atoms with Gasteiger partial charge in [-0.2, -0.15) is 0 Å². The van der Waals surface area contributed by atoms with Crippen LogP contribution in [-0.4, -0.2) is 12.2 Å². The van der Waals surface area contributed by atoms with Gasteiger partial charge in [-0.25, -0.2) is 0 Å². The van der Waals surface area contributed by atoms with E-state index < -0.39 is 0 Å². The van der Waals surface area contributed by atoms with Gasteiger partial charge >= 0.3 is 0 Å². The molecule has 2 nitrogen and oxygen atoms in total. The van der Waals surface area contributed by atoms with Crippen LogP contribution in [0.25, 0.3) is 10.8 Å². The number of hydrogen-bond acceptors (Lipinski definition) is 2. The van der Waals surface area contributed by atoms with E-state index in [9.17, 15) is 5.11 Å². The van der Waals surface area contributed by atoms with Gasteiger partial charge in [-0.05, 0) is 53.6 Å². The molecule has 0 atom stereocenters. The van der Waals surface area contributed by atoms with Crippen LogP contribution in [0, 0.1) is 6.92 Å². The monoisotopic (exact) mass is 355 g/mol. The van der Waals surface area contributed by atoms with E-state index in [4.69, 9.17) is 0 Å². The number of nitrogens with zero attached hydrogens (tertiary/aromatic N) is 1. The molecule has 3 aromatic carbocycles. The minimum atomic E-state index is 0.343. The summed E-state index contributed by atoms with van der Waals surface area (Å²) in [6.45, 7) is 2.77. The lowest BCUT2D eigenvalue weighted by molar-refractivity contribution is 0.468. The topological polar surface area (TPSA) is 23.5 Å². The summed E-state index contributed by atoms with van der Waals surface area (Å²) in [5.74, 6) is 0.343. The first-order chi connectivity index (χ1) is 10.5. The van der Waals surface area contributed by atoms with Crippen molar-refractivity contribution in [3.8, 4) is 5.75 Å². The molecule has 0 radical (unpaired) electrons. The van der Waals surface area contributed by atoms with E-state index in [-0.39, 0.29) is 0 Å². The molecule has 0 aliphatic heterocycles. The summed E-state index contributed by atoms with van der Waals surface area (Å²) in [5.41, 5.74) is 3.33. The molecule has 0 aliphatic rings. The Morgan fingerprint density at radius 2 is 1.77 bits per heavy atom. The Labute approximate surface area is 139 Å². The van der Waals surface area contributed by atoms with Gasteiger partial charge in [0.2, 0.25) is 0 Å². The van der Waals surface area contributed by atoms with Crippen LogP contribution in [0.2, 0.25) is 0 Å². The number of hydrogen-bond donors (Lipinski definition) is 1. The van der Waals surface area contributed by atoms with Crippen molar-refractivity contribution in [3.63, 3.8) is 0 Å². The molecule has 22 heavy (non-hydrogen) atoms. The Hall–Kier alpha value is -2.00. The second-order valence-corrected chi connectivity index (χ2v) is 6.53. The molecule has 0 spiro atoms. The molecule has 0 bridgehead atoms. The summed E-state index contributed by atoms with van der Waals surface area (Å²) in [7, 11) is 2.05. The number of para-hydroxylation sites is 1. The molecule has 0 aliphatic carbocycles. The lowest BCUT2D eigenvalue weighted by Gasteiger charge is -2.22. The van der Waals surface area contributed by atoms with E-state index in [0.29, 0.717) is 12.3 Å². The lowest BCUT2D eigenvalue weighted by atomic mass is 10.1. The standard InChI is InChI=1S/C19H18BrNO/c1-13-5-3-4-6-18(13)21(2)12-16-9-15-10-17(20)8-7-14(15)11-19(16)22/h3-11,22H,12H2,1-2H3. The van der Waals surface area contributed by atoms with Crippen LogP contribution in [0.4, 0.5) is 5.69 Å². The van der Waals surface area contributed by atoms with Gasteiger partial charge in [0.25, 0.3) is 0 Å². The second kappa shape index (κ2) is 6.01. The van der Waals surface area contributed by atoms with Crippen molar-refractivity contribution in [1.29, 1.82) is 0 Å². The number of anilines is 1. The van der Waals surface area contributed by atoms with E-state index in [0.717, 1.165) is 20.8 Å². The molecule has 0 aromatic heterocycles. The first-order valence-electron chi connectivity index (χ1n) is 7.22. The number of phenols is 1. The van der Waals surface area contributed by atoms with Crippen LogP contribution >= 0.6 is 15.9 Å². The van der Waals surface area contributed by atoms with Gasteiger partial charge in [-0.3, -0.25) is 0 Å². The van der Waals surface area contributed by atoms with Crippen LogP contribution < -0.4 is 4.90 Å². The van der Waals surface area contributed by atoms with Gasteiger partial charge in [0.1, 0.15) is 5.75 Å². The third-order valence-electron chi connectivity index (χ3n) is 3.93. The minimum absolute atomic E-state index is 0.343. The summed E-state index contributed by atoms with van der Waals surface area (Å²) >= 11 is 3.50. The fourth-order valence-electron chi connectivity index (χ4n) is 2.76. The molecule has 0 saturated carbocycles. The van der Waals surface area contributed by atoms with Crippen molar-refractivity contribution in [2.24, 2.45) is 0 Å². The summed E-state index contributed by atoms with van der Waals surface area (Å²) in [6, 6.07) is 18.2. The quantitative estimate of drug-likeness (QED) is 0.693. The fraction of sp³-hybridized carbons (Fsp3) is 0.158. The maximum atomic E-state index is 10.3. The number of fused-ring (bicyclic) bond motifs is 1. The van der Waals surface area contributed by atoms with Gasteiger partial charge in [0.05, 0.1) is 0 Å². The molecule has 0 unspecified atom stereocenters. The predicted molar refractivity (Wildman–Crippen MR) is 96.6 cm³/mol. The van der Waals surface area contributed by atoms with Crippen LogP contribution in [0.1, 0.15) is 11.1 Å². The Morgan fingerprint density at radius 3 is 2.55 bits per heavy atom. The minimum Gasteiger partial charge on any atom is -0.508 e. The van der Waals surface area contributed by atoms with Crippen molar-refractivity contribution in [1.82, 2.24) is 0 Å². The zero-order valence-electron chi connectivity index (χ0n) is 12.7. The molecular formula is C19H18BrNO. The Kier molecular flexibility index (Phi) is 4.08. The number of phenolic OH excluding ortho intramolecular Hbond substituents is 1. The highest BCUT2D eigenvalue weighted by molar-refractivity contribution is 9.10. The Morgan fingerprint density at radius 1 is 1.00 bits per heavy atom. The molecule has 0 amide bonds. The first-order valence-corrected chi connectivity index (χ1v) is 8.02. The Bertz CT molecular complexity index is 829. The molecule has 0 saturated heterocycles. The van der Waals surface area contributed by atoms with Crippen molar-refractivity contribution in [2.45, 2.75) is 13.5 Å². The summed E-state index contributed by atoms with van der Waals surface area (Å²) in [5, 5.41) is 12.5. The number of rotatable bonds is 3. The third kappa shape index (κ3) is 2.95.